The minimum absolute atomic E-state index is 0. The summed E-state index contributed by atoms with van der Waals surface area (Å²) in [5.41, 5.74) is 4.14. The predicted molar refractivity (Wildman–Crippen MR) is 131 cm³/mol. The molecule has 0 spiro atoms. The predicted octanol–water partition coefficient (Wildman–Crippen LogP) is 2.77. The maximum absolute atomic E-state index is 12.3. The number of rotatable bonds is 8. The Kier molecular flexibility index (Phi) is 11.3. The molecule has 0 saturated carbocycles. The van der Waals surface area contributed by atoms with Crippen molar-refractivity contribution >= 4 is 35.8 Å². The van der Waals surface area contributed by atoms with Gasteiger partial charge in [-0.3, -0.25) is 9.79 Å². The zero-order valence-corrected chi connectivity index (χ0v) is 20.0. The van der Waals surface area contributed by atoms with E-state index in [1.807, 2.05) is 43.3 Å². The van der Waals surface area contributed by atoms with Crippen molar-refractivity contribution in [1.29, 1.82) is 0 Å². The highest BCUT2D eigenvalue weighted by Crippen LogP contribution is 2.06. The van der Waals surface area contributed by atoms with Crippen molar-refractivity contribution in [3.8, 4) is 0 Å². The van der Waals surface area contributed by atoms with Gasteiger partial charge < -0.3 is 20.9 Å². The minimum atomic E-state index is -0.0504. The SMILES string of the molecule is CN=C(NCc1ccc(C)cc1)NCc1cccc(C(=O)NCCN(C)C)c1.I. The van der Waals surface area contributed by atoms with Gasteiger partial charge in [0.1, 0.15) is 0 Å². The first-order valence-corrected chi connectivity index (χ1v) is 9.50. The number of hydrogen-bond donors (Lipinski definition) is 3. The number of carbonyl (C=O) groups is 1. The van der Waals surface area contributed by atoms with Gasteiger partial charge in [0.05, 0.1) is 0 Å². The van der Waals surface area contributed by atoms with Crippen LogP contribution in [0, 0.1) is 6.92 Å². The lowest BCUT2D eigenvalue weighted by Gasteiger charge is -2.13. The fraction of sp³-hybridized carbons (Fsp3) is 0.364. The molecule has 0 aliphatic heterocycles. The summed E-state index contributed by atoms with van der Waals surface area (Å²) in [6.07, 6.45) is 0. The Balaban J connectivity index is 0.00000420. The lowest BCUT2D eigenvalue weighted by molar-refractivity contribution is 0.0951. The molecule has 29 heavy (non-hydrogen) atoms. The number of likely N-dealkylation sites (N-methyl/N-ethyl adjacent to an activating group) is 1. The number of carbonyl (C=O) groups excluding carboxylic acids is 1. The molecule has 3 N–H and O–H groups in total. The summed E-state index contributed by atoms with van der Waals surface area (Å²) in [6.45, 7) is 4.81. The smallest absolute Gasteiger partial charge is 0.251 e. The molecule has 0 heterocycles. The van der Waals surface area contributed by atoms with E-state index in [0.29, 0.717) is 25.2 Å². The molecule has 0 saturated heterocycles. The van der Waals surface area contributed by atoms with Crippen LogP contribution in [0.2, 0.25) is 0 Å². The van der Waals surface area contributed by atoms with Gasteiger partial charge in [-0.25, -0.2) is 0 Å². The molecule has 0 fully saturated rings. The zero-order chi connectivity index (χ0) is 20.4. The van der Waals surface area contributed by atoms with Crippen molar-refractivity contribution in [2.75, 3.05) is 34.2 Å². The lowest BCUT2D eigenvalue weighted by Crippen LogP contribution is -2.36. The Morgan fingerprint density at radius 3 is 2.24 bits per heavy atom. The Morgan fingerprint density at radius 2 is 1.62 bits per heavy atom. The van der Waals surface area contributed by atoms with Crippen molar-refractivity contribution in [3.63, 3.8) is 0 Å². The second kappa shape index (κ2) is 13.2. The molecule has 0 atom stereocenters. The van der Waals surface area contributed by atoms with E-state index < -0.39 is 0 Å². The van der Waals surface area contributed by atoms with Gasteiger partial charge in [-0.1, -0.05) is 42.0 Å². The van der Waals surface area contributed by atoms with E-state index in [1.54, 1.807) is 7.05 Å². The zero-order valence-electron chi connectivity index (χ0n) is 17.7. The number of aliphatic imine (C=N–C) groups is 1. The first-order chi connectivity index (χ1) is 13.5. The summed E-state index contributed by atoms with van der Waals surface area (Å²) in [6, 6.07) is 16.0. The molecule has 0 unspecified atom stereocenters. The van der Waals surface area contributed by atoms with Crippen molar-refractivity contribution < 1.29 is 4.79 Å². The topological polar surface area (TPSA) is 68.8 Å². The fourth-order valence-electron chi connectivity index (χ4n) is 2.62. The summed E-state index contributed by atoms with van der Waals surface area (Å²) in [7, 11) is 5.72. The molecule has 7 heteroatoms. The molecule has 2 aromatic carbocycles. The molecule has 158 valence electrons. The lowest BCUT2D eigenvalue weighted by atomic mass is 10.1. The third-order valence-electron chi connectivity index (χ3n) is 4.30. The average molecular weight is 509 g/mol. The van der Waals surface area contributed by atoms with Crippen LogP contribution in [0.5, 0.6) is 0 Å². The van der Waals surface area contributed by atoms with Crippen molar-refractivity contribution in [3.05, 3.63) is 70.8 Å². The van der Waals surface area contributed by atoms with Crippen LogP contribution in [-0.2, 0) is 13.1 Å². The summed E-state index contributed by atoms with van der Waals surface area (Å²) in [4.78, 5) is 18.6. The van der Waals surface area contributed by atoms with E-state index in [1.165, 1.54) is 11.1 Å². The van der Waals surface area contributed by atoms with Crippen LogP contribution in [0.1, 0.15) is 27.0 Å². The number of benzene rings is 2. The minimum Gasteiger partial charge on any atom is -0.352 e. The molecule has 0 radical (unpaired) electrons. The Morgan fingerprint density at radius 1 is 0.966 bits per heavy atom. The second-order valence-electron chi connectivity index (χ2n) is 7.02. The van der Waals surface area contributed by atoms with E-state index in [4.69, 9.17) is 0 Å². The molecule has 6 nitrogen and oxygen atoms in total. The first kappa shape index (κ1) is 24.9. The molecular formula is C22H32IN5O. The number of aryl methyl sites for hydroxylation is 1. The Labute approximate surface area is 191 Å². The molecule has 0 aliphatic carbocycles. The largest absolute Gasteiger partial charge is 0.352 e. The number of guanidine groups is 1. The summed E-state index contributed by atoms with van der Waals surface area (Å²) in [5.74, 6) is 0.673. The highest BCUT2D eigenvalue weighted by molar-refractivity contribution is 14.0. The van der Waals surface area contributed by atoms with Gasteiger partial charge in [0.25, 0.3) is 5.91 Å². The van der Waals surface area contributed by atoms with Crippen LogP contribution >= 0.6 is 24.0 Å². The number of nitrogens with zero attached hydrogens (tertiary/aromatic N) is 2. The third kappa shape index (κ3) is 9.27. The number of amides is 1. The molecule has 2 aromatic rings. The Bertz CT molecular complexity index is 790. The molecule has 1 amide bonds. The van der Waals surface area contributed by atoms with Gasteiger partial charge in [-0.2, -0.15) is 0 Å². The average Bonchev–Trinajstić information content (AvgIpc) is 2.69. The fourth-order valence-corrected chi connectivity index (χ4v) is 2.62. The summed E-state index contributed by atoms with van der Waals surface area (Å²) >= 11 is 0. The first-order valence-electron chi connectivity index (χ1n) is 9.50. The maximum Gasteiger partial charge on any atom is 0.251 e. The van der Waals surface area contributed by atoms with Gasteiger partial charge in [0.15, 0.2) is 5.96 Å². The summed E-state index contributed by atoms with van der Waals surface area (Å²) < 4.78 is 0. The molecule has 0 bridgehead atoms. The maximum atomic E-state index is 12.3. The van der Waals surface area contributed by atoms with E-state index in [0.717, 1.165) is 18.1 Å². The third-order valence-corrected chi connectivity index (χ3v) is 4.30. The van der Waals surface area contributed by atoms with Gasteiger partial charge in [-0.05, 0) is 44.3 Å². The highest BCUT2D eigenvalue weighted by Gasteiger charge is 2.06. The van der Waals surface area contributed by atoms with Crippen LogP contribution < -0.4 is 16.0 Å². The van der Waals surface area contributed by atoms with E-state index in [2.05, 4.69) is 52.1 Å². The quantitative estimate of drug-likeness (QED) is 0.291. The van der Waals surface area contributed by atoms with Gasteiger partial charge in [-0.15, -0.1) is 24.0 Å². The monoisotopic (exact) mass is 509 g/mol. The van der Waals surface area contributed by atoms with Crippen LogP contribution in [0.3, 0.4) is 0 Å². The van der Waals surface area contributed by atoms with Crippen molar-refractivity contribution in [2.24, 2.45) is 4.99 Å². The van der Waals surface area contributed by atoms with Gasteiger partial charge in [0, 0.05) is 38.8 Å². The normalized spacial score (nSPS) is 11.0. The van der Waals surface area contributed by atoms with Crippen LogP contribution in [0.4, 0.5) is 0 Å². The van der Waals surface area contributed by atoms with E-state index in [-0.39, 0.29) is 29.9 Å². The molecule has 0 aromatic heterocycles. The molecular weight excluding hydrogens is 477 g/mol. The second-order valence-corrected chi connectivity index (χ2v) is 7.02. The van der Waals surface area contributed by atoms with Gasteiger partial charge in [0.2, 0.25) is 0 Å². The van der Waals surface area contributed by atoms with Gasteiger partial charge >= 0.3 is 0 Å². The molecule has 0 aliphatic rings. The number of halogens is 1. The number of nitrogens with one attached hydrogen (secondary N) is 3. The van der Waals surface area contributed by atoms with E-state index >= 15 is 0 Å². The summed E-state index contributed by atoms with van der Waals surface area (Å²) in [5, 5.41) is 9.54. The van der Waals surface area contributed by atoms with Crippen LogP contribution in [0.15, 0.2) is 53.5 Å². The Hall–Kier alpha value is -2.13. The van der Waals surface area contributed by atoms with E-state index in [9.17, 15) is 4.79 Å². The van der Waals surface area contributed by atoms with Crippen LogP contribution in [-0.4, -0.2) is 51.0 Å². The van der Waals surface area contributed by atoms with Crippen molar-refractivity contribution in [2.45, 2.75) is 20.0 Å². The molecule has 2 rings (SSSR count). The number of hydrogen-bond acceptors (Lipinski definition) is 3. The highest BCUT2D eigenvalue weighted by atomic mass is 127. The van der Waals surface area contributed by atoms with Crippen LogP contribution in [0.25, 0.3) is 0 Å². The van der Waals surface area contributed by atoms with Crippen molar-refractivity contribution in [1.82, 2.24) is 20.9 Å². The standard InChI is InChI=1S/C22H31N5O.HI/c1-17-8-10-18(11-9-17)15-25-22(23-2)26-16-19-6-5-7-20(14-19)21(28)24-12-13-27(3)4;/h5-11,14H,12-13,15-16H2,1-4H3,(H,24,28)(H2,23,25,26);1H.